The van der Waals surface area contributed by atoms with Crippen LogP contribution in [0, 0.1) is 0 Å². The largest absolute Gasteiger partial charge is 0.311 e. The summed E-state index contributed by atoms with van der Waals surface area (Å²) in [6.45, 7) is 2.73. The topological polar surface area (TPSA) is 59.8 Å². The molecule has 0 radical (unpaired) electrons. The van der Waals surface area contributed by atoms with Crippen molar-refractivity contribution in [2.75, 3.05) is 5.32 Å². The first-order valence-corrected chi connectivity index (χ1v) is 11.0. The van der Waals surface area contributed by atoms with Gasteiger partial charge in [0.1, 0.15) is 10.8 Å². The molecule has 0 atom stereocenters. The van der Waals surface area contributed by atoms with Crippen LogP contribution in [-0.2, 0) is 24.2 Å². The Kier molecular flexibility index (Phi) is 6.26. The number of anilines is 1. The average Bonchev–Trinajstić information content (AvgIpc) is 3.38. The van der Waals surface area contributed by atoms with Crippen LogP contribution in [-0.4, -0.2) is 20.7 Å². The molecule has 0 aliphatic rings. The van der Waals surface area contributed by atoms with Crippen molar-refractivity contribution < 1.29 is 4.79 Å². The number of carbonyl (C=O) groups is 1. The number of hydrogen-bond acceptors (Lipinski definition) is 4. The number of hydrogen-bond donors (Lipinski definition) is 1. The maximum Gasteiger partial charge on any atom is 0.231 e. The quantitative estimate of drug-likeness (QED) is 0.419. The predicted octanol–water partition coefficient (Wildman–Crippen LogP) is 5.45. The summed E-state index contributed by atoms with van der Waals surface area (Å²) in [5.74, 6) is 0.537. The Balaban J connectivity index is 1.40. The van der Waals surface area contributed by atoms with Gasteiger partial charge in [0.15, 0.2) is 0 Å². The second-order valence-corrected chi connectivity index (χ2v) is 8.16. The summed E-state index contributed by atoms with van der Waals surface area (Å²) in [4.78, 5) is 17.1. The van der Waals surface area contributed by atoms with Crippen LogP contribution in [0.25, 0.3) is 10.6 Å². The number of amides is 1. The van der Waals surface area contributed by atoms with Gasteiger partial charge in [-0.05, 0) is 23.6 Å². The van der Waals surface area contributed by atoms with Gasteiger partial charge in [0.25, 0.3) is 0 Å². The number of nitrogens with one attached hydrogen (secondary N) is 1. The highest BCUT2D eigenvalue weighted by Gasteiger charge is 2.13. The summed E-state index contributed by atoms with van der Waals surface area (Å²) >= 11 is 7.73. The first kappa shape index (κ1) is 20.3. The minimum Gasteiger partial charge on any atom is -0.311 e. The molecule has 2 heterocycles. The zero-order valence-corrected chi connectivity index (χ0v) is 18.1. The Bertz CT molecular complexity index is 1150. The Morgan fingerprint density at radius 2 is 1.87 bits per heavy atom. The lowest BCUT2D eigenvalue weighted by atomic mass is 10.1. The number of aryl methyl sites for hydroxylation is 1. The van der Waals surface area contributed by atoms with Crippen molar-refractivity contribution in [2.24, 2.45) is 0 Å². The first-order chi connectivity index (χ1) is 14.6. The molecule has 0 fully saturated rings. The van der Waals surface area contributed by atoms with Gasteiger partial charge in [-0.1, -0.05) is 61.0 Å². The summed E-state index contributed by atoms with van der Waals surface area (Å²) < 4.78 is 1.79. The zero-order chi connectivity index (χ0) is 20.9. The molecule has 7 heteroatoms. The van der Waals surface area contributed by atoms with E-state index in [1.54, 1.807) is 16.9 Å². The van der Waals surface area contributed by atoms with E-state index in [-0.39, 0.29) is 12.3 Å². The fourth-order valence-corrected chi connectivity index (χ4v) is 4.26. The minimum atomic E-state index is -0.130. The van der Waals surface area contributed by atoms with E-state index in [1.165, 1.54) is 16.9 Å². The van der Waals surface area contributed by atoms with Gasteiger partial charge < -0.3 is 5.32 Å². The first-order valence-electron chi connectivity index (χ1n) is 9.71. The van der Waals surface area contributed by atoms with Gasteiger partial charge in [-0.25, -0.2) is 9.67 Å². The predicted molar refractivity (Wildman–Crippen MR) is 122 cm³/mol. The van der Waals surface area contributed by atoms with E-state index in [9.17, 15) is 4.79 Å². The van der Waals surface area contributed by atoms with Gasteiger partial charge in [0, 0.05) is 17.0 Å². The normalized spacial score (nSPS) is 10.9. The third-order valence-electron chi connectivity index (χ3n) is 4.75. The molecule has 0 spiro atoms. The molecule has 0 unspecified atom stereocenters. The standard InChI is InChI=1S/C23H21ClN4OS/c1-2-16-7-9-17(10-8-16)14-28-21(11-12-25-28)27-22(29)13-18-15-30-23(26-18)19-5-3-4-6-20(19)24/h3-12,15H,2,13-14H2,1H3,(H,27,29). The fourth-order valence-electron chi connectivity index (χ4n) is 3.12. The summed E-state index contributed by atoms with van der Waals surface area (Å²) in [5.41, 5.74) is 4.03. The van der Waals surface area contributed by atoms with Crippen LogP contribution in [0.4, 0.5) is 5.82 Å². The lowest BCUT2D eigenvalue weighted by molar-refractivity contribution is -0.115. The Morgan fingerprint density at radius 3 is 2.63 bits per heavy atom. The molecule has 0 saturated carbocycles. The fraction of sp³-hybridized carbons (Fsp3) is 0.174. The van der Waals surface area contributed by atoms with Crippen LogP contribution in [0.15, 0.2) is 66.2 Å². The number of halogens is 1. The van der Waals surface area contributed by atoms with Crippen molar-refractivity contribution in [3.05, 3.63) is 88.0 Å². The van der Waals surface area contributed by atoms with E-state index in [0.717, 1.165) is 22.6 Å². The average molecular weight is 437 g/mol. The van der Waals surface area contributed by atoms with Gasteiger partial charge in [0.05, 0.1) is 29.9 Å². The van der Waals surface area contributed by atoms with Crippen LogP contribution in [0.5, 0.6) is 0 Å². The molecule has 0 bridgehead atoms. The molecular weight excluding hydrogens is 416 g/mol. The Morgan fingerprint density at radius 1 is 1.10 bits per heavy atom. The number of carbonyl (C=O) groups excluding carboxylic acids is 1. The zero-order valence-electron chi connectivity index (χ0n) is 16.5. The molecule has 4 aromatic rings. The van der Waals surface area contributed by atoms with Crippen LogP contribution >= 0.6 is 22.9 Å². The molecule has 5 nitrogen and oxygen atoms in total. The number of aromatic nitrogens is 3. The van der Waals surface area contributed by atoms with Crippen LogP contribution in [0.1, 0.15) is 23.7 Å². The van der Waals surface area contributed by atoms with Crippen molar-refractivity contribution in [1.29, 1.82) is 0 Å². The monoisotopic (exact) mass is 436 g/mol. The maximum atomic E-state index is 12.6. The van der Waals surface area contributed by atoms with Gasteiger partial charge in [-0.15, -0.1) is 11.3 Å². The van der Waals surface area contributed by atoms with Gasteiger partial charge in [-0.3, -0.25) is 4.79 Å². The van der Waals surface area contributed by atoms with E-state index in [1.807, 2.05) is 29.6 Å². The summed E-state index contributed by atoms with van der Waals surface area (Å²) in [7, 11) is 0. The molecule has 0 aliphatic heterocycles. The molecule has 30 heavy (non-hydrogen) atoms. The van der Waals surface area contributed by atoms with Crippen LogP contribution in [0.2, 0.25) is 5.02 Å². The minimum absolute atomic E-state index is 0.130. The maximum absolute atomic E-state index is 12.6. The Labute approximate surface area is 184 Å². The number of thiazole rings is 1. The van der Waals surface area contributed by atoms with E-state index in [2.05, 4.69) is 46.6 Å². The van der Waals surface area contributed by atoms with E-state index < -0.39 is 0 Å². The van der Waals surface area contributed by atoms with E-state index >= 15 is 0 Å². The lowest BCUT2D eigenvalue weighted by Gasteiger charge is -2.09. The summed E-state index contributed by atoms with van der Waals surface area (Å²) in [5, 5.41) is 10.6. The van der Waals surface area contributed by atoms with Crippen molar-refractivity contribution in [3.8, 4) is 10.6 Å². The molecule has 2 aromatic heterocycles. The molecule has 1 N–H and O–H groups in total. The number of rotatable bonds is 7. The Hall–Kier alpha value is -2.96. The van der Waals surface area contributed by atoms with Crippen molar-refractivity contribution in [3.63, 3.8) is 0 Å². The second-order valence-electron chi connectivity index (χ2n) is 6.89. The molecule has 1 amide bonds. The van der Waals surface area contributed by atoms with Gasteiger partial charge in [-0.2, -0.15) is 5.10 Å². The number of nitrogens with zero attached hydrogens (tertiary/aromatic N) is 3. The van der Waals surface area contributed by atoms with Crippen molar-refractivity contribution >= 4 is 34.7 Å². The van der Waals surface area contributed by atoms with E-state index in [4.69, 9.17) is 11.6 Å². The third kappa shape index (κ3) is 4.78. The lowest BCUT2D eigenvalue weighted by Crippen LogP contribution is -2.18. The summed E-state index contributed by atoms with van der Waals surface area (Å²) in [6, 6.07) is 17.8. The number of benzene rings is 2. The molecule has 0 saturated heterocycles. The highest BCUT2D eigenvalue weighted by atomic mass is 35.5. The third-order valence-corrected chi connectivity index (χ3v) is 6.00. The van der Waals surface area contributed by atoms with Gasteiger partial charge in [0.2, 0.25) is 5.91 Å². The highest BCUT2D eigenvalue weighted by molar-refractivity contribution is 7.13. The van der Waals surface area contributed by atoms with Crippen LogP contribution in [0.3, 0.4) is 0 Å². The molecular formula is C23H21ClN4OS. The highest BCUT2D eigenvalue weighted by Crippen LogP contribution is 2.30. The molecule has 152 valence electrons. The molecule has 4 rings (SSSR count). The molecule has 2 aromatic carbocycles. The molecule has 0 aliphatic carbocycles. The second kappa shape index (κ2) is 9.24. The van der Waals surface area contributed by atoms with Crippen LogP contribution < -0.4 is 5.32 Å². The van der Waals surface area contributed by atoms with Gasteiger partial charge >= 0.3 is 0 Å². The SMILES string of the molecule is CCc1ccc(Cn2nccc2NC(=O)Cc2csc(-c3ccccc3Cl)n2)cc1. The van der Waals surface area contributed by atoms with Crippen molar-refractivity contribution in [1.82, 2.24) is 14.8 Å². The van der Waals surface area contributed by atoms with Crippen molar-refractivity contribution in [2.45, 2.75) is 26.3 Å². The van der Waals surface area contributed by atoms with E-state index in [0.29, 0.717) is 23.1 Å². The smallest absolute Gasteiger partial charge is 0.231 e. The summed E-state index contributed by atoms with van der Waals surface area (Å²) in [6.07, 6.45) is 2.89.